The summed E-state index contributed by atoms with van der Waals surface area (Å²) < 4.78 is 31.3. The molecule has 0 bridgehead atoms. The third-order valence-corrected chi connectivity index (χ3v) is 6.60. The number of nitrogens with one attached hydrogen (secondary N) is 1. The number of sulfonamides is 1. The van der Waals surface area contributed by atoms with E-state index in [-0.39, 0.29) is 36.0 Å². The zero-order valence-corrected chi connectivity index (χ0v) is 15.1. The highest BCUT2D eigenvalue weighted by molar-refractivity contribution is 7.89. The van der Waals surface area contributed by atoms with E-state index >= 15 is 0 Å². The summed E-state index contributed by atoms with van der Waals surface area (Å²) in [6.45, 7) is 0.405. The van der Waals surface area contributed by atoms with Gasteiger partial charge in [0.15, 0.2) is 0 Å². The molecule has 2 N–H and O–H groups in total. The van der Waals surface area contributed by atoms with Crippen LogP contribution in [0.3, 0.4) is 0 Å². The number of carbonyl (C=O) groups is 2. The van der Waals surface area contributed by atoms with Gasteiger partial charge in [-0.1, -0.05) is 12.2 Å². The van der Waals surface area contributed by atoms with Crippen molar-refractivity contribution in [3.63, 3.8) is 0 Å². The van der Waals surface area contributed by atoms with Crippen LogP contribution < -0.4 is 5.32 Å². The first-order valence-electron chi connectivity index (χ1n) is 8.66. The fraction of sp³-hybridized carbons (Fsp3) is 0.529. The van der Waals surface area contributed by atoms with Crippen molar-refractivity contribution < 1.29 is 27.5 Å². The fourth-order valence-electron chi connectivity index (χ4n) is 3.30. The van der Waals surface area contributed by atoms with E-state index in [2.05, 4.69) is 17.5 Å². The summed E-state index contributed by atoms with van der Waals surface area (Å²) in [5.41, 5.74) is 0. The van der Waals surface area contributed by atoms with Crippen LogP contribution in [0.25, 0.3) is 0 Å². The Hall–Kier alpha value is -2.13. The first kappa shape index (κ1) is 18.7. The topological polar surface area (TPSA) is 117 Å². The second-order valence-electron chi connectivity index (χ2n) is 6.59. The molecule has 1 aliphatic carbocycles. The Labute approximate surface area is 151 Å². The molecule has 1 aromatic rings. The van der Waals surface area contributed by atoms with Gasteiger partial charge in [-0.05, 0) is 44.2 Å². The van der Waals surface area contributed by atoms with Crippen LogP contribution in [0.15, 0.2) is 33.8 Å². The monoisotopic (exact) mass is 382 g/mol. The number of furan rings is 1. The van der Waals surface area contributed by atoms with Gasteiger partial charge in [-0.3, -0.25) is 4.79 Å². The number of piperidine rings is 1. The number of carbonyl (C=O) groups excluding carboxylic acids is 1. The van der Waals surface area contributed by atoms with Crippen LogP contribution in [-0.2, 0) is 14.8 Å². The van der Waals surface area contributed by atoms with Gasteiger partial charge in [0, 0.05) is 25.0 Å². The molecular formula is C17H22N2O6S. The molecule has 1 atom stereocenters. The van der Waals surface area contributed by atoms with E-state index in [1.807, 2.05) is 0 Å². The smallest absolute Gasteiger partial charge is 0.371 e. The molecule has 9 heteroatoms. The van der Waals surface area contributed by atoms with E-state index in [4.69, 9.17) is 9.52 Å². The van der Waals surface area contributed by atoms with Crippen molar-refractivity contribution in [1.29, 1.82) is 0 Å². The van der Waals surface area contributed by atoms with Gasteiger partial charge in [-0.15, -0.1) is 0 Å². The summed E-state index contributed by atoms with van der Waals surface area (Å²) >= 11 is 0. The molecule has 8 nitrogen and oxygen atoms in total. The van der Waals surface area contributed by atoms with Crippen molar-refractivity contribution in [1.82, 2.24) is 9.62 Å². The van der Waals surface area contributed by atoms with E-state index < -0.39 is 21.8 Å². The van der Waals surface area contributed by atoms with Crippen molar-refractivity contribution in [2.75, 3.05) is 13.1 Å². The third kappa shape index (κ3) is 3.99. The Morgan fingerprint density at radius 1 is 1.15 bits per heavy atom. The lowest BCUT2D eigenvalue weighted by atomic mass is 9.95. The normalized spacial score (nSPS) is 22.2. The van der Waals surface area contributed by atoms with Gasteiger partial charge in [-0.25, -0.2) is 13.2 Å². The standard InChI is InChI=1S/C17H22N2O6S/c20-16(18-13-4-2-1-3-5-13)12-8-10-19(11-9-12)26(23,24)15-7-6-14(25-15)17(21)22/h1-2,6-7,12-13H,3-5,8-11H2,(H,18,20)(H,21,22). The van der Waals surface area contributed by atoms with Gasteiger partial charge >= 0.3 is 5.97 Å². The van der Waals surface area contributed by atoms with E-state index in [1.165, 1.54) is 4.31 Å². The van der Waals surface area contributed by atoms with Gasteiger partial charge < -0.3 is 14.8 Å². The predicted octanol–water partition coefficient (Wildman–Crippen LogP) is 1.60. The number of aromatic carboxylic acids is 1. The quantitative estimate of drug-likeness (QED) is 0.747. The number of allylic oxidation sites excluding steroid dienone is 1. The fourth-order valence-corrected chi connectivity index (χ4v) is 4.68. The molecule has 0 spiro atoms. The van der Waals surface area contributed by atoms with E-state index in [9.17, 15) is 18.0 Å². The molecule has 1 aromatic heterocycles. The Morgan fingerprint density at radius 2 is 1.88 bits per heavy atom. The van der Waals surface area contributed by atoms with Crippen molar-refractivity contribution in [2.24, 2.45) is 5.92 Å². The van der Waals surface area contributed by atoms with Gasteiger partial charge in [0.1, 0.15) is 0 Å². The van der Waals surface area contributed by atoms with E-state index in [0.717, 1.165) is 31.4 Å². The average molecular weight is 382 g/mol. The second kappa shape index (κ2) is 7.63. The van der Waals surface area contributed by atoms with Crippen molar-refractivity contribution in [3.8, 4) is 0 Å². The lowest BCUT2D eigenvalue weighted by molar-refractivity contribution is -0.126. The summed E-state index contributed by atoms with van der Waals surface area (Å²) in [6.07, 6.45) is 7.77. The summed E-state index contributed by atoms with van der Waals surface area (Å²) in [7, 11) is -3.89. The van der Waals surface area contributed by atoms with Crippen LogP contribution in [0.1, 0.15) is 42.7 Å². The minimum atomic E-state index is -3.89. The van der Waals surface area contributed by atoms with Crippen LogP contribution in [0.2, 0.25) is 0 Å². The van der Waals surface area contributed by atoms with Crippen LogP contribution in [0.5, 0.6) is 0 Å². The molecule has 1 unspecified atom stereocenters. The van der Waals surface area contributed by atoms with Crippen LogP contribution in [-0.4, -0.2) is 48.8 Å². The zero-order chi connectivity index (χ0) is 18.7. The first-order valence-corrected chi connectivity index (χ1v) is 10.1. The number of rotatable bonds is 5. The maximum absolute atomic E-state index is 12.5. The maximum atomic E-state index is 12.5. The Kier molecular flexibility index (Phi) is 5.47. The molecular weight excluding hydrogens is 360 g/mol. The third-order valence-electron chi connectivity index (χ3n) is 4.83. The zero-order valence-electron chi connectivity index (χ0n) is 14.3. The number of carboxylic acid groups (broad SMARTS) is 1. The molecule has 1 saturated heterocycles. The van der Waals surface area contributed by atoms with Gasteiger partial charge in [0.05, 0.1) is 0 Å². The van der Waals surface area contributed by atoms with Crippen molar-refractivity contribution in [2.45, 2.75) is 43.2 Å². The molecule has 0 aromatic carbocycles. The van der Waals surface area contributed by atoms with E-state index in [1.54, 1.807) is 0 Å². The average Bonchev–Trinajstić information content (AvgIpc) is 3.14. The number of nitrogens with zero attached hydrogens (tertiary/aromatic N) is 1. The Morgan fingerprint density at radius 3 is 2.46 bits per heavy atom. The highest BCUT2D eigenvalue weighted by Crippen LogP contribution is 2.25. The highest BCUT2D eigenvalue weighted by Gasteiger charge is 2.34. The molecule has 1 fully saturated rings. The van der Waals surface area contributed by atoms with Crippen LogP contribution in [0, 0.1) is 5.92 Å². The van der Waals surface area contributed by atoms with Crippen molar-refractivity contribution >= 4 is 21.9 Å². The first-order chi connectivity index (χ1) is 12.4. The number of hydrogen-bond donors (Lipinski definition) is 2. The lowest BCUT2D eigenvalue weighted by Gasteiger charge is -2.31. The summed E-state index contributed by atoms with van der Waals surface area (Å²) in [5.74, 6) is -1.97. The predicted molar refractivity (Wildman–Crippen MR) is 92.1 cm³/mol. The van der Waals surface area contributed by atoms with Gasteiger partial charge in [-0.2, -0.15) is 4.31 Å². The lowest BCUT2D eigenvalue weighted by Crippen LogP contribution is -2.45. The van der Waals surface area contributed by atoms with Crippen molar-refractivity contribution in [3.05, 3.63) is 30.0 Å². The molecule has 1 amide bonds. The number of hydrogen-bond acceptors (Lipinski definition) is 5. The summed E-state index contributed by atoms with van der Waals surface area (Å²) in [6, 6.07) is 2.43. The SMILES string of the molecule is O=C(O)c1ccc(S(=O)(=O)N2CCC(C(=O)NC3CC=CCC3)CC2)o1. The highest BCUT2D eigenvalue weighted by atomic mass is 32.2. The summed E-state index contributed by atoms with van der Waals surface area (Å²) in [4.78, 5) is 23.2. The molecule has 2 aliphatic rings. The van der Waals surface area contributed by atoms with E-state index in [0.29, 0.717) is 12.8 Å². The summed E-state index contributed by atoms with van der Waals surface area (Å²) in [5, 5.41) is 11.5. The number of amides is 1. The van der Waals surface area contributed by atoms with Crippen LogP contribution in [0.4, 0.5) is 0 Å². The second-order valence-corrected chi connectivity index (χ2v) is 8.46. The molecule has 26 heavy (non-hydrogen) atoms. The largest absolute Gasteiger partial charge is 0.475 e. The molecule has 142 valence electrons. The maximum Gasteiger partial charge on any atom is 0.371 e. The molecule has 0 saturated carbocycles. The molecule has 0 radical (unpaired) electrons. The Bertz CT molecular complexity index is 805. The minimum absolute atomic E-state index is 0.0199. The molecule has 2 heterocycles. The number of carboxylic acids is 1. The van der Waals surface area contributed by atoms with Gasteiger partial charge in [0.25, 0.3) is 10.0 Å². The molecule has 1 aliphatic heterocycles. The van der Waals surface area contributed by atoms with Gasteiger partial charge in [0.2, 0.25) is 16.8 Å². The van der Waals surface area contributed by atoms with Crippen LogP contribution >= 0.6 is 0 Å². The minimum Gasteiger partial charge on any atom is -0.475 e. The Balaban J connectivity index is 1.57. The molecule has 3 rings (SSSR count).